The summed E-state index contributed by atoms with van der Waals surface area (Å²) in [5, 5.41) is 3.72. The molecular weight excluding hydrogens is 214 g/mol. The normalized spacial score (nSPS) is 36.2. The van der Waals surface area contributed by atoms with Gasteiger partial charge in [0, 0.05) is 30.7 Å². The van der Waals surface area contributed by atoms with E-state index in [9.17, 15) is 0 Å². The van der Waals surface area contributed by atoms with Gasteiger partial charge in [-0.1, -0.05) is 27.7 Å². The van der Waals surface area contributed by atoms with Crippen LogP contribution in [0, 0.1) is 11.3 Å². The van der Waals surface area contributed by atoms with Crippen LogP contribution in [0.25, 0.3) is 0 Å². The number of ether oxygens (including phenoxy) is 2. The van der Waals surface area contributed by atoms with Crippen molar-refractivity contribution in [1.82, 2.24) is 5.32 Å². The van der Waals surface area contributed by atoms with Gasteiger partial charge in [0.1, 0.15) is 0 Å². The molecular formula is C14H27NO2. The molecule has 0 amide bonds. The Bertz CT molecular complexity index is 247. The molecule has 1 saturated carbocycles. The van der Waals surface area contributed by atoms with Crippen LogP contribution < -0.4 is 5.32 Å². The third kappa shape index (κ3) is 3.01. The Hall–Kier alpha value is -0.120. The van der Waals surface area contributed by atoms with Gasteiger partial charge in [-0.2, -0.15) is 0 Å². The lowest BCUT2D eigenvalue weighted by atomic mass is 9.64. The molecule has 3 nitrogen and oxygen atoms in total. The lowest BCUT2D eigenvalue weighted by Crippen LogP contribution is -2.63. The van der Waals surface area contributed by atoms with Gasteiger partial charge in [-0.3, -0.25) is 0 Å². The molecule has 2 aliphatic rings. The van der Waals surface area contributed by atoms with E-state index in [0.29, 0.717) is 24.1 Å². The summed E-state index contributed by atoms with van der Waals surface area (Å²) in [6, 6.07) is 1.15. The van der Waals surface area contributed by atoms with Gasteiger partial charge in [0.2, 0.25) is 0 Å². The van der Waals surface area contributed by atoms with Crippen LogP contribution >= 0.6 is 0 Å². The van der Waals surface area contributed by atoms with Crippen molar-refractivity contribution in [3.05, 3.63) is 0 Å². The minimum Gasteiger partial charge on any atom is -0.380 e. The maximum atomic E-state index is 5.98. The van der Waals surface area contributed by atoms with Crippen LogP contribution in [0.1, 0.15) is 40.5 Å². The molecule has 2 rings (SSSR count). The molecule has 1 saturated heterocycles. The van der Waals surface area contributed by atoms with E-state index in [2.05, 4.69) is 33.0 Å². The Labute approximate surface area is 105 Å². The Morgan fingerprint density at radius 2 is 2.18 bits per heavy atom. The summed E-state index contributed by atoms with van der Waals surface area (Å²) in [5.41, 5.74) is 0.261. The Balaban J connectivity index is 1.75. The van der Waals surface area contributed by atoms with E-state index in [0.717, 1.165) is 32.7 Å². The maximum Gasteiger partial charge on any atom is 0.0656 e. The molecule has 1 N–H and O–H groups in total. The van der Waals surface area contributed by atoms with Crippen LogP contribution in [-0.4, -0.2) is 38.0 Å². The van der Waals surface area contributed by atoms with Gasteiger partial charge in [0.25, 0.3) is 0 Å². The molecule has 2 fully saturated rings. The molecule has 17 heavy (non-hydrogen) atoms. The zero-order valence-corrected chi connectivity index (χ0v) is 11.7. The predicted octanol–water partition coefficient (Wildman–Crippen LogP) is 2.20. The summed E-state index contributed by atoms with van der Waals surface area (Å²) in [6.45, 7) is 11.7. The highest BCUT2D eigenvalue weighted by molar-refractivity contribution is 5.04. The maximum absolute atomic E-state index is 5.98. The van der Waals surface area contributed by atoms with E-state index in [1.165, 1.54) is 0 Å². The molecule has 0 aromatic heterocycles. The molecule has 1 aliphatic carbocycles. The first-order valence-corrected chi connectivity index (χ1v) is 6.95. The SMILES string of the molecule is CC(C)COC1CC(NC2CCOC2)C1(C)C. The molecule has 0 aromatic carbocycles. The van der Waals surface area contributed by atoms with Crippen molar-refractivity contribution in [2.45, 2.75) is 58.7 Å². The van der Waals surface area contributed by atoms with Gasteiger partial charge in [-0.25, -0.2) is 0 Å². The quantitative estimate of drug-likeness (QED) is 0.800. The fourth-order valence-corrected chi connectivity index (χ4v) is 2.71. The summed E-state index contributed by atoms with van der Waals surface area (Å²) in [5.74, 6) is 0.626. The third-order valence-electron chi connectivity index (χ3n) is 4.18. The highest BCUT2D eigenvalue weighted by atomic mass is 16.5. The largest absolute Gasteiger partial charge is 0.380 e. The van der Waals surface area contributed by atoms with Crippen molar-refractivity contribution in [2.75, 3.05) is 19.8 Å². The van der Waals surface area contributed by atoms with Crippen LogP contribution in [0.3, 0.4) is 0 Å². The molecule has 0 aromatic rings. The number of nitrogens with one attached hydrogen (secondary N) is 1. The molecule has 100 valence electrons. The van der Waals surface area contributed by atoms with E-state index in [1.807, 2.05) is 0 Å². The number of rotatable bonds is 5. The third-order valence-corrected chi connectivity index (χ3v) is 4.18. The van der Waals surface area contributed by atoms with E-state index < -0.39 is 0 Å². The van der Waals surface area contributed by atoms with Crippen LogP contribution in [0.2, 0.25) is 0 Å². The molecule has 3 heteroatoms. The van der Waals surface area contributed by atoms with E-state index >= 15 is 0 Å². The summed E-state index contributed by atoms with van der Waals surface area (Å²) in [4.78, 5) is 0. The predicted molar refractivity (Wildman–Crippen MR) is 69.1 cm³/mol. The fourth-order valence-electron chi connectivity index (χ4n) is 2.71. The molecule has 0 spiro atoms. The molecule has 1 aliphatic heterocycles. The first kappa shape index (κ1) is 13.3. The minimum absolute atomic E-state index is 0.261. The second kappa shape index (κ2) is 5.25. The van der Waals surface area contributed by atoms with Gasteiger partial charge in [-0.15, -0.1) is 0 Å². The van der Waals surface area contributed by atoms with Crippen molar-refractivity contribution in [3.8, 4) is 0 Å². The number of hydrogen-bond donors (Lipinski definition) is 1. The summed E-state index contributed by atoms with van der Waals surface area (Å²) < 4.78 is 11.4. The van der Waals surface area contributed by atoms with Gasteiger partial charge in [-0.05, 0) is 18.8 Å². The second-order valence-corrected chi connectivity index (χ2v) is 6.55. The molecule has 3 unspecified atom stereocenters. The van der Waals surface area contributed by atoms with Gasteiger partial charge in [0.15, 0.2) is 0 Å². The fraction of sp³-hybridized carbons (Fsp3) is 1.00. The Morgan fingerprint density at radius 3 is 2.71 bits per heavy atom. The average Bonchev–Trinajstić information content (AvgIpc) is 2.74. The number of hydrogen-bond acceptors (Lipinski definition) is 3. The molecule has 3 atom stereocenters. The lowest BCUT2D eigenvalue weighted by Gasteiger charge is -2.53. The summed E-state index contributed by atoms with van der Waals surface area (Å²) in [7, 11) is 0. The van der Waals surface area contributed by atoms with E-state index in [-0.39, 0.29) is 5.41 Å². The summed E-state index contributed by atoms with van der Waals surface area (Å²) in [6.07, 6.45) is 2.73. The zero-order valence-electron chi connectivity index (χ0n) is 11.7. The average molecular weight is 241 g/mol. The van der Waals surface area contributed by atoms with Crippen LogP contribution in [0.4, 0.5) is 0 Å². The first-order valence-electron chi connectivity index (χ1n) is 6.95. The van der Waals surface area contributed by atoms with Gasteiger partial charge < -0.3 is 14.8 Å². The van der Waals surface area contributed by atoms with Crippen LogP contribution in [-0.2, 0) is 9.47 Å². The standard InChI is InChI=1S/C14H27NO2/c1-10(2)8-17-13-7-12(14(13,3)4)15-11-5-6-16-9-11/h10-13,15H,5-9H2,1-4H3. The van der Waals surface area contributed by atoms with Crippen LogP contribution in [0.15, 0.2) is 0 Å². The smallest absolute Gasteiger partial charge is 0.0656 e. The van der Waals surface area contributed by atoms with Crippen molar-refractivity contribution >= 4 is 0 Å². The van der Waals surface area contributed by atoms with E-state index in [1.54, 1.807) is 0 Å². The Morgan fingerprint density at radius 1 is 1.41 bits per heavy atom. The lowest BCUT2D eigenvalue weighted by molar-refractivity contribution is -0.125. The highest BCUT2D eigenvalue weighted by Gasteiger charge is 2.49. The Kier molecular flexibility index (Phi) is 4.11. The van der Waals surface area contributed by atoms with Crippen molar-refractivity contribution in [3.63, 3.8) is 0 Å². The molecule has 1 heterocycles. The van der Waals surface area contributed by atoms with Gasteiger partial charge >= 0.3 is 0 Å². The second-order valence-electron chi connectivity index (χ2n) is 6.55. The van der Waals surface area contributed by atoms with Crippen molar-refractivity contribution < 1.29 is 9.47 Å². The van der Waals surface area contributed by atoms with E-state index in [4.69, 9.17) is 9.47 Å². The monoisotopic (exact) mass is 241 g/mol. The molecule has 0 radical (unpaired) electrons. The first-order chi connectivity index (χ1) is 8.00. The van der Waals surface area contributed by atoms with Crippen LogP contribution in [0.5, 0.6) is 0 Å². The molecule has 0 bridgehead atoms. The summed E-state index contributed by atoms with van der Waals surface area (Å²) >= 11 is 0. The van der Waals surface area contributed by atoms with Crippen molar-refractivity contribution in [1.29, 1.82) is 0 Å². The minimum atomic E-state index is 0.261. The van der Waals surface area contributed by atoms with Crippen molar-refractivity contribution in [2.24, 2.45) is 11.3 Å². The zero-order chi connectivity index (χ0) is 12.5. The van der Waals surface area contributed by atoms with Gasteiger partial charge in [0.05, 0.1) is 12.7 Å². The highest BCUT2D eigenvalue weighted by Crippen LogP contribution is 2.43. The topological polar surface area (TPSA) is 30.5 Å².